The molecule has 0 bridgehead atoms. The highest BCUT2D eigenvalue weighted by Gasteiger charge is 2.32. The van der Waals surface area contributed by atoms with Crippen molar-refractivity contribution in [1.82, 2.24) is 14.9 Å². The number of aromatic nitrogens is 2. The fourth-order valence-corrected chi connectivity index (χ4v) is 4.43. The standard InChI is InChI=1S/C16H19N3O3S/c20-16(15-5-8-23(21,22)11-15)18-9-13-1-3-14(4-2-13)10-19-7-6-17-12-19/h1-4,6-7,12,15H,5,8-11H2,(H,18,20). The Kier molecular flexibility index (Phi) is 4.47. The van der Waals surface area contributed by atoms with E-state index in [2.05, 4.69) is 10.3 Å². The highest BCUT2D eigenvalue weighted by molar-refractivity contribution is 7.91. The van der Waals surface area contributed by atoms with Gasteiger partial charge in [0.15, 0.2) is 9.84 Å². The van der Waals surface area contributed by atoms with Crippen LogP contribution in [0.5, 0.6) is 0 Å². The molecule has 1 aliphatic rings. The number of rotatable bonds is 5. The number of carbonyl (C=O) groups excluding carboxylic acids is 1. The van der Waals surface area contributed by atoms with Gasteiger partial charge in [0, 0.05) is 25.5 Å². The summed E-state index contributed by atoms with van der Waals surface area (Å²) in [6.07, 6.45) is 5.85. The quantitative estimate of drug-likeness (QED) is 0.884. The number of hydrogen-bond acceptors (Lipinski definition) is 4. The highest BCUT2D eigenvalue weighted by Crippen LogP contribution is 2.18. The third-order valence-electron chi connectivity index (χ3n) is 4.02. The molecule has 6 nitrogen and oxygen atoms in total. The van der Waals surface area contributed by atoms with Crippen LogP contribution in [0.1, 0.15) is 17.5 Å². The molecule has 1 saturated heterocycles. The van der Waals surface area contributed by atoms with Gasteiger partial charge in [0.2, 0.25) is 5.91 Å². The summed E-state index contributed by atoms with van der Waals surface area (Å²) >= 11 is 0. The lowest BCUT2D eigenvalue weighted by atomic mass is 10.1. The van der Waals surface area contributed by atoms with Crippen molar-refractivity contribution in [3.05, 3.63) is 54.1 Å². The Hall–Kier alpha value is -2.15. The van der Waals surface area contributed by atoms with E-state index >= 15 is 0 Å². The smallest absolute Gasteiger partial charge is 0.224 e. The molecular formula is C16H19N3O3S. The van der Waals surface area contributed by atoms with E-state index in [-0.39, 0.29) is 17.4 Å². The minimum absolute atomic E-state index is 0.0251. The molecule has 1 aliphatic heterocycles. The first-order valence-corrected chi connectivity index (χ1v) is 9.36. The van der Waals surface area contributed by atoms with Crippen LogP contribution in [0.2, 0.25) is 0 Å². The molecule has 2 aromatic rings. The van der Waals surface area contributed by atoms with Crippen LogP contribution in [0.15, 0.2) is 43.0 Å². The van der Waals surface area contributed by atoms with Crippen LogP contribution >= 0.6 is 0 Å². The summed E-state index contributed by atoms with van der Waals surface area (Å²) in [6.45, 7) is 1.17. The lowest BCUT2D eigenvalue weighted by Gasteiger charge is -2.10. The molecule has 7 heteroatoms. The van der Waals surface area contributed by atoms with Crippen LogP contribution in [-0.4, -0.2) is 35.4 Å². The van der Waals surface area contributed by atoms with Gasteiger partial charge in [-0.25, -0.2) is 13.4 Å². The minimum atomic E-state index is -3.02. The molecule has 1 amide bonds. The summed E-state index contributed by atoms with van der Waals surface area (Å²) in [5.74, 6) is -0.481. The zero-order valence-electron chi connectivity index (χ0n) is 12.7. The number of amides is 1. The Morgan fingerprint density at radius 3 is 2.61 bits per heavy atom. The van der Waals surface area contributed by atoms with Crippen molar-refractivity contribution >= 4 is 15.7 Å². The molecule has 0 saturated carbocycles. The van der Waals surface area contributed by atoms with E-state index in [0.717, 1.165) is 17.7 Å². The molecular weight excluding hydrogens is 314 g/mol. The zero-order valence-corrected chi connectivity index (χ0v) is 13.5. The van der Waals surface area contributed by atoms with Crippen LogP contribution in [0.25, 0.3) is 0 Å². The fourth-order valence-electron chi connectivity index (χ4n) is 2.69. The van der Waals surface area contributed by atoms with Gasteiger partial charge < -0.3 is 9.88 Å². The molecule has 2 heterocycles. The number of sulfone groups is 1. The number of nitrogens with one attached hydrogen (secondary N) is 1. The molecule has 1 aromatic carbocycles. The second-order valence-electron chi connectivity index (χ2n) is 5.87. The number of hydrogen-bond donors (Lipinski definition) is 1. The predicted octanol–water partition coefficient (Wildman–Crippen LogP) is 0.982. The van der Waals surface area contributed by atoms with Crippen LogP contribution in [0.4, 0.5) is 0 Å². The number of imidazole rings is 1. The van der Waals surface area contributed by atoms with Gasteiger partial charge in [0.1, 0.15) is 0 Å². The topological polar surface area (TPSA) is 81.1 Å². The molecule has 1 unspecified atom stereocenters. The second kappa shape index (κ2) is 6.54. The molecule has 1 aromatic heterocycles. The second-order valence-corrected chi connectivity index (χ2v) is 8.10. The van der Waals surface area contributed by atoms with Crippen LogP contribution < -0.4 is 5.32 Å². The number of benzene rings is 1. The maximum absolute atomic E-state index is 12.0. The average molecular weight is 333 g/mol. The maximum atomic E-state index is 12.0. The fraction of sp³-hybridized carbons (Fsp3) is 0.375. The third-order valence-corrected chi connectivity index (χ3v) is 5.79. The van der Waals surface area contributed by atoms with E-state index in [1.54, 1.807) is 12.5 Å². The average Bonchev–Trinajstić information content (AvgIpc) is 3.15. The van der Waals surface area contributed by atoms with E-state index in [1.807, 2.05) is 35.0 Å². The zero-order chi connectivity index (χ0) is 16.3. The Balaban J connectivity index is 1.51. The molecule has 3 rings (SSSR count). The van der Waals surface area contributed by atoms with Gasteiger partial charge in [0.05, 0.1) is 23.8 Å². The first-order chi connectivity index (χ1) is 11.0. The Labute approximate surface area is 135 Å². The summed E-state index contributed by atoms with van der Waals surface area (Å²) in [7, 11) is -3.02. The molecule has 1 N–H and O–H groups in total. The minimum Gasteiger partial charge on any atom is -0.352 e. The van der Waals surface area contributed by atoms with E-state index in [1.165, 1.54) is 0 Å². The van der Waals surface area contributed by atoms with Crippen LogP contribution in [0.3, 0.4) is 0 Å². The van der Waals surface area contributed by atoms with Crippen molar-refractivity contribution in [2.24, 2.45) is 5.92 Å². The van der Waals surface area contributed by atoms with E-state index in [9.17, 15) is 13.2 Å². The highest BCUT2D eigenvalue weighted by atomic mass is 32.2. The molecule has 1 atom stereocenters. The molecule has 23 heavy (non-hydrogen) atoms. The Bertz CT molecular complexity index is 767. The van der Waals surface area contributed by atoms with Crippen molar-refractivity contribution in [3.63, 3.8) is 0 Å². The van der Waals surface area contributed by atoms with Crippen molar-refractivity contribution < 1.29 is 13.2 Å². The third kappa shape index (κ3) is 4.19. The lowest BCUT2D eigenvalue weighted by molar-refractivity contribution is -0.124. The van der Waals surface area contributed by atoms with E-state index < -0.39 is 15.8 Å². The first-order valence-electron chi connectivity index (χ1n) is 7.53. The van der Waals surface area contributed by atoms with E-state index in [0.29, 0.717) is 13.0 Å². The SMILES string of the molecule is O=C(NCc1ccc(Cn2ccnc2)cc1)C1CCS(=O)(=O)C1. The predicted molar refractivity (Wildman–Crippen MR) is 86.4 cm³/mol. The van der Waals surface area contributed by atoms with E-state index in [4.69, 9.17) is 0 Å². The Morgan fingerprint density at radius 2 is 2.00 bits per heavy atom. The maximum Gasteiger partial charge on any atom is 0.224 e. The largest absolute Gasteiger partial charge is 0.352 e. The number of nitrogens with zero attached hydrogens (tertiary/aromatic N) is 2. The summed E-state index contributed by atoms with van der Waals surface area (Å²) in [6, 6.07) is 7.97. The first kappa shape index (κ1) is 15.7. The van der Waals surface area contributed by atoms with Gasteiger partial charge in [0.25, 0.3) is 0 Å². The Morgan fingerprint density at radius 1 is 1.26 bits per heavy atom. The molecule has 0 aliphatic carbocycles. The summed E-state index contributed by atoms with van der Waals surface area (Å²) in [4.78, 5) is 16.0. The van der Waals surface area contributed by atoms with Crippen molar-refractivity contribution in [1.29, 1.82) is 0 Å². The molecule has 0 spiro atoms. The molecule has 1 fully saturated rings. The van der Waals surface area contributed by atoms with Gasteiger partial charge in [-0.3, -0.25) is 4.79 Å². The van der Waals surface area contributed by atoms with Crippen molar-refractivity contribution in [3.8, 4) is 0 Å². The molecule has 0 radical (unpaired) electrons. The normalized spacial score (nSPS) is 19.6. The van der Waals surface area contributed by atoms with Gasteiger partial charge >= 0.3 is 0 Å². The van der Waals surface area contributed by atoms with Gasteiger partial charge in [-0.15, -0.1) is 0 Å². The van der Waals surface area contributed by atoms with Crippen LogP contribution in [0, 0.1) is 5.92 Å². The van der Waals surface area contributed by atoms with Crippen LogP contribution in [-0.2, 0) is 27.7 Å². The number of carbonyl (C=O) groups is 1. The summed E-state index contributed by atoms with van der Waals surface area (Å²) in [5.41, 5.74) is 2.15. The summed E-state index contributed by atoms with van der Waals surface area (Å²) < 4.78 is 24.8. The lowest BCUT2D eigenvalue weighted by Crippen LogP contribution is -2.30. The van der Waals surface area contributed by atoms with Crippen molar-refractivity contribution in [2.75, 3.05) is 11.5 Å². The summed E-state index contributed by atoms with van der Waals surface area (Å²) in [5, 5.41) is 2.83. The van der Waals surface area contributed by atoms with Gasteiger partial charge in [-0.1, -0.05) is 24.3 Å². The van der Waals surface area contributed by atoms with Gasteiger partial charge in [-0.05, 0) is 17.5 Å². The van der Waals surface area contributed by atoms with Gasteiger partial charge in [-0.2, -0.15) is 0 Å². The monoisotopic (exact) mass is 333 g/mol. The van der Waals surface area contributed by atoms with Crippen molar-refractivity contribution in [2.45, 2.75) is 19.5 Å². The molecule has 122 valence electrons.